The summed E-state index contributed by atoms with van der Waals surface area (Å²) in [7, 11) is 0. The molecule has 1 atom stereocenters. The lowest BCUT2D eigenvalue weighted by Gasteiger charge is -2.36. The lowest BCUT2D eigenvalue weighted by Crippen LogP contribution is -2.39. The SMILES string of the molecule is Cc1cc(C)cc(C(CN)N2CCC(C)CC2)c1. The number of hydrogen-bond donors (Lipinski definition) is 1. The maximum absolute atomic E-state index is 6.03. The highest BCUT2D eigenvalue weighted by Crippen LogP contribution is 2.27. The van der Waals surface area contributed by atoms with Gasteiger partial charge in [0.1, 0.15) is 0 Å². The van der Waals surface area contributed by atoms with Crippen LogP contribution in [0.3, 0.4) is 0 Å². The second-order valence-electron chi connectivity index (χ2n) is 5.89. The molecular weight excluding hydrogens is 220 g/mol. The first-order valence-corrected chi connectivity index (χ1v) is 7.12. The zero-order valence-corrected chi connectivity index (χ0v) is 11.9. The van der Waals surface area contributed by atoms with Crippen LogP contribution in [0, 0.1) is 19.8 Å². The quantitative estimate of drug-likeness (QED) is 0.888. The smallest absolute Gasteiger partial charge is 0.0470 e. The average Bonchev–Trinajstić information content (AvgIpc) is 2.31. The Labute approximate surface area is 111 Å². The van der Waals surface area contributed by atoms with Crippen molar-refractivity contribution < 1.29 is 0 Å². The number of benzene rings is 1. The van der Waals surface area contributed by atoms with E-state index < -0.39 is 0 Å². The van der Waals surface area contributed by atoms with Gasteiger partial charge in [-0.3, -0.25) is 4.90 Å². The van der Waals surface area contributed by atoms with E-state index in [2.05, 4.69) is 43.9 Å². The molecule has 2 rings (SSSR count). The first-order chi connectivity index (χ1) is 8.60. The van der Waals surface area contributed by atoms with E-state index in [0.29, 0.717) is 6.04 Å². The van der Waals surface area contributed by atoms with Gasteiger partial charge in [0.2, 0.25) is 0 Å². The molecule has 0 radical (unpaired) electrons. The molecular formula is C16H26N2. The summed E-state index contributed by atoms with van der Waals surface area (Å²) >= 11 is 0. The Morgan fingerprint density at radius 1 is 1.17 bits per heavy atom. The Kier molecular flexibility index (Phi) is 4.41. The van der Waals surface area contributed by atoms with E-state index in [9.17, 15) is 0 Å². The number of piperidine rings is 1. The molecule has 1 aliphatic rings. The van der Waals surface area contributed by atoms with Gasteiger partial charge in [0, 0.05) is 12.6 Å². The van der Waals surface area contributed by atoms with Crippen LogP contribution in [0.2, 0.25) is 0 Å². The zero-order chi connectivity index (χ0) is 13.1. The largest absolute Gasteiger partial charge is 0.329 e. The van der Waals surface area contributed by atoms with E-state index in [4.69, 9.17) is 5.73 Å². The van der Waals surface area contributed by atoms with Crippen molar-refractivity contribution >= 4 is 0 Å². The van der Waals surface area contributed by atoms with Crippen LogP contribution in [0.5, 0.6) is 0 Å². The van der Waals surface area contributed by atoms with Gasteiger partial charge >= 0.3 is 0 Å². The standard InChI is InChI=1S/C16H26N2/c1-12-4-6-18(7-5-12)16(11-17)15-9-13(2)8-14(3)10-15/h8-10,12,16H,4-7,11,17H2,1-3H3. The summed E-state index contributed by atoms with van der Waals surface area (Å²) < 4.78 is 0. The second kappa shape index (κ2) is 5.85. The highest BCUT2D eigenvalue weighted by molar-refractivity contribution is 5.31. The minimum absolute atomic E-state index is 0.399. The molecule has 0 aromatic heterocycles. The molecule has 1 saturated heterocycles. The molecule has 0 spiro atoms. The Bertz CT molecular complexity index is 372. The summed E-state index contributed by atoms with van der Waals surface area (Å²) in [6, 6.07) is 7.22. The number of aryl methyl sites for hydroxylation is 2. The monoisotopic (exact) mass is 246 g/mol. The summed E-state index contributed by atoms with van der Waals surface area (Å²) in [6.07, 6.45) is 2.61. The van der Waals surface area contributed by atoms with E-state index >= 15 is 0 Å². The van der Waals surface area contributed by atoms with E-state index in [0.717, 1.165) is 12.5 Å². The highest BCUT2D eigenvalue weighted by Gasteiger charge is 2.23. The van der Waals surface area contributed by atoms with Crippen LogP contribution in [0.25, 0.3) is 0 Å². The number of hydrogen-bond acceptors (Lipinski definition) is 2. The Morgan fingerprint density at radius 2 is 1.72 bits per heavy atom. The molecule has 0 amide bonds. The fourth-order valence-electron chi connectivity index (χ4n) is 3.04. The lowest BCUT2D eigenvalue weighted by molar-refractivity contribution is 0.141. The van der Waals surface area contributed by atoms with Gasteiger partial charge < -0.3 is 5.73 Å². The van der Waals surface area contributed by atoms with Gasteiger partial charge in [-0.25, -0.2) is 0 Å². The van der Waals surface area contributed by atoms with Crippen LogP contribution in [-0.2, 0) is 0 Å². The molecule has 1 heterocycles. The molecule has 18 heavy (non-hydrogen) atoms. The number of likely N-dealkylation sites (tertiary alicyclic amines) is 1. The first-order valence-electron chi connectivity index (χ1n) is 7.12. The van der Waals surface area contributed by atoms with Crippen LogP contribution in [-0.4, -0.2) is 24.5 Å². The van der Waals surface area contributed by atoms with Crippen molar-refractivity contribution in [3.63, 3.8) is 0 Å². The van der Waals surface area contributed by atoms with Crippen molar-refractivity contribution in [1.82, 2.24) is 4.90 Å². The van der Waals surface area contributed by atoms with E-state index in [1.54, 1.807) is 0 Å². The molecule has 0 saturated carbocycles. The summed E-state index contributed by atoms with van der Waals surface area (Å²) in [5.74, 6) is 0.874. The molecule has 1 fully saturated rings. The maximum Gasteiger partial charge on any atom is 0.0470 e. The van der Waals surface area contributed by atoms with Crippen molar-refractivity contribution in [3.8, 4) is 0 Å². The maximum atomic E-state index is 6.03. The minimum Gasteiger partial charge on any atom is -0.329 e. The van der Waals surface area contributed by atoms with Crippen LogP contribution in [0.1, 0.15) is 42.5 Å². The predicted octanol–water partition coefficient (Wildman–Crippen LogP) is 3.04. The van der Waals surface area contributed by atoms with Crippen molar-refractivity contribution in [3.05, 3.63) is 34.9 Å². The minimum atomic E-state index is 0.399. The number of rotatable bonds is 3. The summed E-state index contributed by atoms with van der Waals surface area (Å²) in [4.78, 5) is 2.56. The average molecular weight is 246 g/mol. The molecule has 0 aliphatic carbocycles. The van der Waals surface area contributed by atoms with Crippen molar-refractivity contribution in [2.24, 2.45) is 11.7 Å². The second-order valence-corrected chi connectivity index (χ2v) is 5.89. The molecule has 1 aliphatic heterocycles. The fourth-order valence-corrected chi connectivity index (χ4v) is 3.04. The Hall–Kier alpha value is -0.860. The molecule has 100 valence electrons. The van der Waals surface area contributed by atoms with E-state index in [1.807, 2.05) is 0 Å². The molecule has 2 heteroatoms. The van der Waals surface area contributed by atoms with Gasteiger partial charge in [-0.05, 0) is 51.3 Å². The normalized spacial score (nSPS) is 20.0. The van der Waals surface area contributed by atoms with Gasteiger partial charge in [0.25, 0.3) is 0 Å². The lowest BCUT2D eigenvalue weighted by atomic mass is 9.94. The number of nitrogens with zero attached hydrogens (tertiary/aromatic N) is 1. The summed E-state index contributed by atoms with van der Waals surface area (Å²) in [5.41, 5.74) is 10.1. The van der Waals surface area contributed by atoms with Crippen LogP contribution >= 0.6 is 0 Å². The first kappa shape index (κ1) is 13.6. The van der Waals surface area contributed by atoms with Crippen LogP contribution in [0.4, 0.5) is 0 Å². The van der Waals surface area contributed by atoms with Gasteiger partial charge in [-0.2, -0.15) is 0 Å². The molecule has 1 aromatic rings. The predicted molar refractivity (Wildman–Crippen MR) is 77.7 cm³/mol. The Morgan fingerprint density at radius 3 is 2.22 bits per heavy atom. The van der Waals surface area contributed by atoms with Crippen molar-refractivity contribution in [1.29, 1.82) is 0 Å². The molecule has 1 aromatic carbocycles. The third-order valence-electron chi connectivity index (χ3n) is 4.11. The third kappa shape index (κ3) is 3.12. The summed E-state index contributed by atoms with van der Waals surface area (Å²) in [6.45, 7) is 9.79. The molecule has 2 N–H and O–H groups in total. The third-order valence-corrected chi connectivity index (χ3v) is 4.11. The van der Waals surface area contributed by atoms with Gasteiger partial charge in [-0.1, -0.05) is 36.2 Å². The van der Waals surface area contributed by atoms with Gasteiger partial charge in [0.05, 0.1) is 0 Å². The molecule has 2 nitrogen and oxygen atoms in total. The fraction of sp³-hybridized carbons (Fsp3) is 0.625. The van der Waals surface area contributed by atoms with E-state index in [1.165, 1.54) is 42.6 Å². The van der Waals surface area contributed by atoms with Crippen molar-refractivity contribution in [2.45, 2.75) is 39.7 Å². The zero-order valence-electron chi connectivity index (χ0n) is 11.9. The summed E-state index contributed by atoms with van der Waals surface area (Å²) in [5, 5.41) is 0. The van der Waals surface area contributed by atoms with Gasteiger partial charge in [-0.15, -0.1) is 0 Å². The van der Waals surface area contributed by atoms with Crippen molar-refractivity contribution in [2.75, 3.05) is 19.6 Å². The number of nitrogens with two attached hydrogens (primary N) is 1. The molecule has 1 unspecified atom stereocenters. The highest BCUT2D eigenvalue weighted by atomic mass is 15.2. The molecule has 0 bridgehead atoms. The van der Waals surface area contributed by atoms with Crippen LogP contribution in [0.15, 0.2) is 18.2 Å². The van der Waals surface area contributed by atoms with Gasteiger partial charge in [0.15, 0.2) is 0 Å². The van der Waals surface area contributed by atoms with E-state index in [-0.39, 0.29) is 0 Å². The topological polar surface area (TPSA) is 29.3 Å². The Balaban J connectivity index is 2.17. The van der Waals surface area contributed by atoms with Crippen LogP contribution < -0.4 is 5.73 Å².